The predicted molar refractivity (Wildman–Crippen MR) is 67.5 cm³/mol. The van der Waals surface area contributed by atoms with Crippen molar-refractivity contribution in [2.24, 2.45) is 0 Å². The lowest BCUT2D eigenvalue weighted by molar-refractivity contribution is 0.784. The van der Waals surface area contributed by atoms with Gasteiger partial charge < -0.3 is 0 Å². The monoisotopic (exact) mass is 236 g/mol. The smallest absolute Gasteiger partial charge is 0.258 e. The number of nitrogens with zero attached hydrogens (tertiary/aromatic N) is 2. The lowest BCUT2D eigenvalue weighted by Gasteiger charge is -2.06. The summed E-state index contributed by atoms with van der Waals surface area (Å²) in [7, 11) is 0. The average Bonchev–Trinajstić information content (AvgIpc) is 2.54. The molecule has 0 fully saturated rings. The van der Waals surface area contributed by atoms with Crippen LogP contribution in [0.3, 0.4) is 0 Å². The van der Waals surface area contributed by atoms with Crippen LogP contribution in [-0.4, -0.2) is 9.38 Å². The van der Waals surface area contributed by atoms with E-state index in [0.29, 0.717) is 5.92 Å². The first kappa shape index (κ1) is 11.3. The fourth-order valence-corrected chi connectivity index (χ4v) is 3.14. The van der Waals surface area contributed by atoms with Gasteiger partial charge >= 0.3 is 0 Å². The molecule has 2 heterocycles. The Labute approximate surface area is 98.8 Å². The molecule has 2 rings (SSSR count). The SMILES string of the molecule is CCc1cc(=O)n2c(C(C)C)c(C)sc2n1. The molecule has 0 spiro atoms. The average molecular weight is 236 g/mol. The third-order valence-electron chi connectivity index (χ3n) is 2.70. The lowest BCUT2D eigenvalue weighted by Crippen LogP contribution is -2.17. The molecule has 4 heteroatoms. The maximum atomic E-state index is 12.0. The molecule has 0 N–H and O–H groups in total. The molecule has 0 aromatic carbocycles. The van der Waals surface area contributed by atoms with Gasteiger partial charge in [-0.2, -0.15) is 0 Å². The topological polar surface area (TPSA) is 34.4 Å². The summed E-state index contributed by atoms with van der Waals surface area (Å²) >= 11 is 1.60. The summed E-state index contributed by atoms with van der Waals surface area (Å²) in [4.78, 5) is 18.5. The minimum Gasteiger partial charge on any atom is -0.269 e. The quantitative estimate of drug-likeness (QED) is 0.803. The zero-order valence-corrected chi connectivity index (χ0v) is 10.9. The van der Waals surface area contributed by atoms with E-state index < -0.39 is 0 Å². The van der Waals surface area contributed by atoms with E-state index in [1.54, 1.807) is 21.8 Å². The first-order valence-corrected chi connectivity index (χ1v) is 6.38. The molecule has 0 radical (unpaired) electrons. The van der Waals surface area contributed by atoms with Crippen molar-refractivity contribution in [1.29, 1.82) is 0 Å². The molecule has 0 saturated heterocycles. The van der Waals surface area contributed by atoms with E-state index in [1.165, 1.54) is 4.88 Å². The van der Waals surface area contributed by atoms with Crippen LogP contribution in [0.5, 0.6) is 0 Å². The first-order valence-electron chi connectivity index (χ1n) is 5.56. The summed E-state index contributed by atoms with van der Waals surface area (Å²) in [5.74, 6) is 0.348. The predicted octanol–water partition coefficient (Wildman–Crippen LogP) is 2.75. The van der Waals surface area contributed by atoms with Crippen molar-refractivity contribution in [2.75, 3.05) is 0 Å². The van der Waals surface area contributed by atoms with Crippen LogP contribution in [0.1, 0.15) is 43.0 Å². The summed E-state index contributed by atoms with van der Waals surface area (Å²) in [6.07, 6.45) is 0.805. The third-order valence-corrected chi connectivity index (χ3v) is 3.67. The van der Waals surface area contributed by atoms with Crippen LogP contribution in [-0.2, 0) is 6.42 Å². The van der Waals surface area contributed by atoms with Gasteiger partial charge in [-0.25, -0.2) is 4.98 Å². The van der Waals surface area contributed by atoms with Gasteiger partial charge in [-0.1, -0.05) is 20.8 Å². The summed E-state index contributed by atoms with van der Waals surface area (Å²) in [6, 6.07) is 1.64. The zero-order chi connectivity index (χ0) is 11.9. The van der Waals surface area contributed by atoms with Gasteiger partial charge in [-0.3, -0.25) is 9.20 Å². The Balaban J connectivity index is 2.85. The molecular formula is C12H16N2OS. The zero-order valence-electron chi connectivity index (χ0n) is 10.1. The molecule has 0 saturated carbocycles. The van der Waals surface area contributed by atoms with Crippen molar-refractivity contribution in [1.82, 2.24) is 9.38 Å². The Bertz CT molecular complexity index is 580. The molecule has 0 aliphatic rings. The van der Waals surface area contributed by atoms with Gasteiger partial charge in [-0.05, 0) is 19.3 Å². The molecular weight excluding hydrogens is 220 g/mol. The molecule has 2 aromatic heterocycles. The van der Waals surface area contributed by atoms with Gasteiger partial charge in [0.1, 0.15) is 0 Å². The van der Waals surface area contributed by atoms with Crippen molar-refractivity contribution in [3.63, 3.8) is 0 Å². The lowest BCUT2D eigenvalue weighted by atomic mass is 10.1. The molecule has 0 unspecified atom stereocenters. The Morgan fingerprint density at radius 1 is 1.50 bits per heavy atom. The van der Waals surface area contributed by atoms with E-state index in [4.69, 9.17) is 0 Å². The molecule has 16 heavy (non-hydrogen) atoms. The summed E-state index contributed by atoms with van der Waals surface area (Å²) in [5.41, 5.74) is 2.02. The van der Waals surface area contributed by atoms with Crippen molar-refractivity contribution in [2.45, 2.75) is 40.0 Å². The van der Waals surface area contributed by atoms with Gasteiger partial charge in [0.25, 0.3) is 5.56 Å². The number of hydrogen-bond donors (Lipinski definition) is 0. The molecule has 0 aliphatic carbocycles. The van der Waals surface area contributed by atoms with Crippen molar-refractivity contribution >= 4 is 16.3 Å². The molecule has 0 bridgehead atoms. The van der Waals surface area contributed by atoms with Gasteiger partial charge in [0, 0.05) is 22.3 Å². The third kappa shape index (κ3) is 1.67. The second-order valence-electron chi connectivity index (χ2n) is 4.26. The highest BCUT2D eigenvalue weighted by Gasteiger charge is 2.14. The standard InChI is InChI=1S/C12H16N2OS/c1-5-9-6-10(15)14-11(7(2)3)8(4)16-12(14)13-9/h6-7H,5H2,1-4H3. The van der Waals surface area contributed by atoms with Crippen LogP contribution in [0.4, 0.5) is 0 Å². The summed E-state index contributed by atoms with van der Waals surface area (Å²) < 4.78 is 1.75. The van der Waals surface area contributed by atoms with Crippen molar-refractivity contribution in [3.05, 3.63) is 32.7 Å². The van der Waals surface area contributed by atoms with E-state index in [2.05, 4.69) is 25.8 Å². The van der Waals surface area contributed by atoms with E-state index in [1.807, 2.05) is 6.92 Å². The van der Waals surface area contributed by atoms with E-state index >= 15 is 0 Å². The Hall–Kier alpha value is -1.16. The van der Waals surface area contributed by atoms with Crippen LogP contribution < -0.4 is 5.56 Å². The van der Waals surface area contributed by atoms with Gasteiger partial charge in [0.2, 0.25) is 0 Å². The fraction of sp³-hybridized carbons (Fsp3) is 0.500. The summed E-state index contributed by atoms with van der Waals surface area (Å²) in [6.45, 7) is 8.28. The van der Waals surface area contributed by atoms with E-state index in [0.717, 1.165) is 22.8 Å². The van der Waals surface area contributed by atoms with Crippen LogP contribution in [0.15, 0.2) is 10.9 Å². The van der Waals surface area contributed by atoms with Crippen LogP contribution in [0.25, 0.3) is 4.96 Å². The fourth-order valence-electron chi connectivity index (χ4n) is 1.99. The van der Waals surface area contributed by atoms with Crippen LogP contribution in [0.2, 0.25) is 0 Å². The molecule has 0 aliphatic heterocycles. The number of aryl methyl sites for hydroxylation is 2. The highest BCUT2D eigenvalue weighted by molar-refractivity contribution is 7.17. The molecule has 3 nitrogen and oxygen atoms in total. The largest absolute Gasteiger partial charge is 0.269 e. The second kappa shape index (κ2) is 4.01. The number of fused-ring (bicyclic) bond motifs is 1. The maximum Gasteiger partial charge on any atom is 0.258 e. The Kier molecular flexibility index (Phi) is 2.84. The summed E-state index contributed by atoms with van der Waals surface area (Å²) in [5, 5.41) is 0. The van der Waals surface area contributed by atoms with Crippen molar-refractivity contribution < 1.29 is 0 Å². The number of hydrogen-bond acceptors (Lipinski definition) is 3. The van der Waals surface area contributed by atoms with Gasteiger partial charge in [-0.15, -0.1) is 11.3 Å². The van der Waals surface area contributed by atoms with Crippen molar-refractivity contribution in [3.8, 4) is 0 Å². The first-order chi connectivity index (χ1) is 7.54. The van der Waals surface area contributed by atoms with Gasteiger partial charge in [0.15, 0.2) is 4.96 Å². The molecule has 0 amide bonds. The number of rotatable bonds is 2. The Morgan fingerprint density at radius 3 is 2.75 bits per heavy atom. The Morgan fingerprint density at radius 2 is 2.19 bits per heavy atom. The highest BCUT2D eigenvalue weighted by atomic mass is 32.1. The molecule has 0 atom stereocenters. The minimum absolute atomic E-state index is 0.0508. The second-order valence-corrected chi connectivity index (χ2v) is 5.44. The van der Waals surface area contributed by atoms with E-state index in [9.17, 15) is 4.79 Å². The highest BCUT2D eigenvalue weighted by Crippen LogP contribution is 2.25. The van der Waals surface area contributed by atoms with Crippen LogP contribution >= 0.6 is 11.3 Å². The van der Waals surface area contributed by atoms with Gasteiger partial charge in [0.05, 0.1) is 0 Å². The number of thiazole rings is 1. The normalized spacial score (nSPS) is 11.6. The van der Waals surface area contributed by atoms with Crippen LogP contribution in [0, 0.1) is 6.92 Å². The maximum absolute atomic E-state index is 12.0. The molecule has 2 aromatic rings. The minimum atomic E-state index is 0.0508. The number of aromatic nitrogens is 2. The van der Waals surface area contributed by atoms with E-state index in [-0.39, 0.29) is 5.56 Å². The molecule has 86 valence electrons.